The molecular formula is C8H19N3S. The second-order valence-electron chi connectivity index (χ2n) is 3.70. The summed E-state index contributed by atoms with van der Waals surface area (Å²) in [5, 5.41) is 0.286. The molecule has 0 rings (SSSR count). The van der Waals surface area contributed by atoms with E-state index in [0.717, 1.165) is 6.42 Å². The summed E-state index contributed by atoms with van der Waals surface area (Å²) in [4.78, 5) is 0. The first-order valence-corrected chi connectivity index (χ1v) is 4.62. The van der Waals surface area contributed by atoms with Gasteiger partial charge in [-0.1, -0.05) is 20.8 Å². The second kappa shape index (κ2) is 4.62. The Morgan fingerprint density at radius 2 is 2.08 bits per heavy atom. The first kappa shape index (κ1) is 11.6. The summed E-state index contributed by atoms with van der Waals surface area (Å²) in [5.41, 5.74) is 11.3. The minimum absolute atomic E-state index is 0.248. The Kier molecular flexibility index (Phi) is 4.49. The molecule has 1 unspecified atom stereocenters. The highest BCUT2D eigenvalue weighted by molar-refractivity contribution is 7.80. The quantitative estimate of drug-likeness (QED) is 0.459. The van der Waals surface area contributed by atoms with Crippen LogP contribution in [0.25, 0.3) is 0 Å². The molecule has 0 spiro atoms. The summed E-state index contributed by atoms with van der Waals surface area (Å²) >= 11 is 4.68. The third-order valence-corrected chi connectivity index (χ3v) is 2.60. The van der Waals surface area contributed by atoms with Gasteiger partial charge in [-0.3, -0.25) is 5.43 Å². The fourth-order valence-electron chi connectivity index (χ4n) is 0.681. The smallest absolute Gasteiger partial charge is 0.178 e. The standard InChI is InChI=1S/C8H19N3S/c1-5-8(3,4)6(2)10-11-7(9)12/h6,10H,5H2,1-4H3,(H3,9,11,12). The van der Waals surface area contributed by atoms with E-state index >= 15 is 0 Å². The first-order chi connectivity index (χ1) is 5.40. The lowest BCUT2D eigenvalue weighted by Crippen LogP contribution is -2.50. The fourth-order valence-corrected chi connectivity index (χ4v) is 0.740. The molecule has 0 saturated carbocycles. The summed E-state index contributed by atoms with van der Waals surface area (Å²) in [7, 11) is 0. The summed E-state index contributed by atoms with van der Waals surface area (Å²) < 4.78 is 0. The average molecular weight is 189 g/mol. The molecule has 0 saturated heterocycles. The minimum atomic E-state index is 0.248. The van der Waals surface area contributed by atoms with Gasteiger partial charge in [-0.25, -0.2) is 5.43 Å². The zero-order chi connectivity index (χ0) is 9.78. The molecule has 0 aliphatic carbocycles. The SMILES string of the molecule is CCC(C)(C)C(C)NNC(N)=S. The van der Waals surface area contributed by atoms with E-state index in [1.165, 1.54) is 0 Å². The highest BCUT2D eigenvalue weighted by atomic mass is 32.1. The topological polar surface area (TPSA) is 50.1 Å². The van der Waals surface area contributed by atoms with Crippen molar-refractivity contribution < 1.29 is 0 Å². The third kappa shape index (κ3) is 3.88. The van der Waals surface area contributed by atoms with Crippen LogP contribution in [0.15, 0.2) is 0 Å². The lowest BCUT2D eigenvalue weighted by molar-refractivity contribution is 0.239. The van der Waals surface area contributed by atoms with Crippen molar-refractivity contribution in [2.75, 3.05) is 0 Å². The van der Waals surface area contributed by atoms with Gasteiger partial charge in [0.05, 0.1) is 0 Å². The molecule has 0 aromatic carbocycles. The molecule has 0 radical (unpaired) electrons. The van der Waals surface area contributed by atoms with Crippen molar-refractivity contribution in [1.82, 2.24) is 10.9 Å². The molecule has 1 atom stereocenters. The number of nitrogens with one attached hydrogen (secondary N) is 2. The molecule has 0 aliphatic heterocycles. The molecule has 0 heterocycles. The zero-order valence-electron chi connectivity index (χ0n) is 8.27. The van der Waals surface area contributed by atoms with Gasteiger partial charge in [-0.05, 0) is 31.0 Å². The Hall–Kier alpha value is -0.350. The van der Waals surface area contributed by atoms with E-state index in [1.807, 2.05) is 0 Å². The maximum Gasteiger partial charge on any atom is 0.178 e. The van der Waals surface area contributed by atoms with Crippen LogP contribution in [0.2, 0.25) is 0 Å². The van der Waals surface area contributed by atoms with Gasteiger partial charge in [0.1, 0.15) is 0 Å². The summed E-state index contributed by atoms with van der Waals surface area (Å²) in [6.45, 7) is 8.67. The molecule has 0 fully saturated rings. The normalized spacial score (nSPS) is 14.0. The third-order valence-electron chi connectivity index (χ3n) is 2.50. The van der Waals surface area contributed by atoms with Gasteiger partial charge in [-0.2, -0.15) is 0 Å². The van der Waals surface area contributed by atoms with Crippen molar-refractivity contribution >= 4 is 17.3 Å². The van der Waals surface area contributed by atoms with Crippen LogP contribution in [0.1, 0.15) is 34.1 Å². The van der Waals surface area contributed by atoms with Crippen LogP contribution < -0.4 is 16.6 Å². The first-order valence-electron chi connectivity index (χ1n) is 4.21. The molecule has 0 aliphatic rings. The van der Waals surface area contributed by atoms with Crippen molar-refractivity contribution in [3.05, 3.63) is 0 Å². The van der Waals surface area contributed by atoms with Crippen molar-refractivity contribution in [2.24, 2.45) is 11.1 Å². The lowest BCUT2D eigenvalue weighted by atomic mass is 9.83. The van der Waals surface area contributed by atoms with E-state index in [0.29, 0.717) is 6.04 Å². The largest absolute Gasteiger partial charge is 0.375 e. The van der Waals surface area contributed by atoms with Crippen molar-refractivity contribution in [1.29, 1.82) is 0 Å². The molecular weight excluding hydrogens is 170 g/mol. The highest BCUT2D eigenvalue weighted by Gasteiger charge is 2.23. The average Bonchev–Trinajstić information content (AvgIpc) is 2.00. The Bertz CT molecular complexity index is 156. The van der Waals surface area contributed by atoms with Gasteiger partial charge in [0.25, 0.3) is 0 Å². The molecule has 0 aromatic rings. The van der Waals surface area contributed by atoms with Crippen molar-refractivity contribution in [2.45, 2.75) is 40.2 Å². The predicted octanol–water partition coefficient (Wildman–Crippen LogP) is 1.15. The molecule has 4 heteroatoms. The Labute approximate surface area is 80.1 Å². The lowest BCUT2D eigenvalue weighted by Gasteiger charge is -2.31. The maximum absolute atomic E-state index is 5.28. The second-order valence-corrected chi connectivity index (χ2v) is 4.14. The number of nitrogens with two attached hydrogens (primary N) is 1. The number of hydrazine groups is 1. The molecule has 12 heavy (non-hydrogen) atoms. The molecule has 72 valence electrons. The summed E-state index contributed by atoms with van der Waals surface area (Å²) in [6.07, 6.45) is 1.11. The van der Waals surface area contributed by atoms with Gasteiger partial charge in [0.15, 0.2) is 5.11 Å². The van der Waals surface area contributed by atoms with Crippen LogP contribution in [-0.4, -0.2) is 11.2 Å². The number of rotatable bonds is 4. The zero-order valence-corrected chi connectivity index (χ0v) is 9.09. The van der Waals surface area contributed by atoms with Crippen molar-refractivity contribution in [3.63, 3.8) is 0 Å². The minimum Gasteiger partial charge on any atom is -0.375 e. The Balaban J connectivity index is 3.86. The Morgan fingerprint density at radius 1 is 1.58 bits per heavy atom. The molecule has 0 amide bonds. The highest BCUT2D eigenvalue weighted by Crippen LogP contribution is 2.23. The number of thiocarbonyl (C=S) groups is 1. The fraction of sp³-hybridized carbons (Fsp3) is 0.875. The van der Waals surface area contributed by atoms with Gasteiger partial charge in [-0.15, -0.1) is 0 Å². The van der Waals surface area contributed by atoms with E-state index < -0.39 is 0 Å². The van der Waals surface area contributed by atoms with Crippen LogP contribution in [0.3, 0.4) is 0 Å². The van der Waals surface area contributed by atoms with Crippen molar-refractivity contribution in [3.8, 4) is 0 Å². The van der Waals surface area contributed by atoms with Gasteiger partial charge < -0.3 is 5.73 Å². The Morgan fingerprint density at radius 3 is 2.42 bits per heavy atom. The maximum atomic E-state index is 5.28. The van der Waals surface area contributed by atoms with Crippen LogP contribution >= 0.6 is 12.2 Å². The summed E-state index contributed by atoms with van der Waals surface area (Å²) in [5.74, 6) is 0. The van der Waals surface area contributed by atoms with E-state index in [1.54, 1.807) is 0 Å². The van der Waals surface area contributed by atoms with Gasteiger partial charge in [0.2, 0.25) is 0 Å². The van der Waals surface area contributed by atoms with Crippen LogP contribution in [0, 0.1) is 5.41 Å². The van der Waals surface area contributed by atoms with Gasteiger partial charge in [0, 0.05) is 6.04 Å². The molecule has 0 aromatic heterocycles. The van der Waals surface area contributed by atoms with Crippen LogP contribution in [0.4, 0.5) is 0 Å². The van der Waals surface area contributed by atoms with Crippen LogP contribution in [-0.2, 0) is 0 Å². The number of hydrogen-bond acceptors (Lipinski definition) is 2. The monoisotopic (exact) mass is 189 g/mol. The van der Waals surface area contributed by atoms with Gasteiger partial charge >= 0.3 is 0 Å². The van der Waals surface area contributed by atoms with E-state index in [2.05, 4.69) is 50.8 Å². The van der Waals surface area contributed by atoms with E-state index in [-0.39, 0.29) is 10.5 Å². The predicted molar refractivity (Wildman–Crippen MR) is 56.6 cm³/mol. The van der Waals surface area contributed by atoms with E-state index in [4.69, 9.17) is 5.73 Å². The molecule has 3 nitrogen and oxygen atoms in total. The van der Waals surface area contributed by atoms with E-state index in [9.17, 15) is 0 Å². The summed E-state index contributed by atoms with van der Waals surface area (Å²) in [6, 6.07) is 0.337. The number of hydrogen-bond donors (Lipinski definition) is 3. The molecule has 4 N–H and O–H groups in total. The molecule has 0 bridgehead atoms. The van der Waals surface area contributed by atoms with Crippen LogP contribution in [0.5, 0.6) is 0 Å².